The molecule has 0 aliphatic carbocycles. The molecule has 2 fully saturated rings. The van der Waals surface area contributed by atoms with Crippen LogP contribution in [0.4, 0.5) is 0 Å². The van der Waals surface area contributed by atoms with Crippen molar-refractivity contribution in [3.63, 3.8) is 0 Å². The summed E-state index contributed by atoms with van der Waals surface area (Å²) in [6.07, 6.45) is 9.47. The van der Waals surface area contributed by atoms with Crippen molar-refractivity contribution in [2.45, 2.75) is 69.4 Å². The molecule has 5 aromatic rings. The zero-order valence-corrected chi connectivity index (χ0v) is 39.6. The number of unbranched alkanes of at least 4 members (excludes halogenated alkanes) is 1. The summed E-state index contributed by atoms with van der Waals surface area (Å²) in [5.41, 5.74) is 5.03. The molecule has 0 spiro atoms. The van der Waals surface area contributed by atoms with E-state index >= 15 is 0 Å². The van der Waals surface area contributed by atoms with E-state index in [-0.39, 0.29) is 17.4 Å². The second-order valence-electron chi connectivity index (χ2n) is 18.3. The lowest BCUT2D eigenvalue weighted by atomic mass is 9.80. The largest absolute Gasteiger partial charge is 0.497 e. The second kappa shape index (κ2) is 21.7. The second-order valence-corrected chi connectivity index (χ2v) is 18.3. The van der Waals surface area contributed by atoms with E-state index < -0.39 is 0 Å². The molecule has 12 heteroatoms. The number of aromatic amines is 2. The molecule has 0 unspecified atom stereocenters. The third-order valence-corrected chi connectivity index (χ3v) is 14.1. The van der Waals surface area contributed by atoms with Gasteiger partial charge in [-0.1, -0.05) is 50.1 Å². The number of nitrogens with zero attached hydrogens (tertiary/aromatic N) is 6. The van der Waals surface area contributed by atoms with Gasteiger partial charge in [0.25, 0.3) is 11.8 Å². The molecule has 0 saturated carbocycles. The molecule has 2 aliphatic rings. The van der Waals surface area contributed by atoms with Gasteiger partial charge in [0.15, 0.2) is 0 Å². The minimum Gasteiger partial charge on any atom is -0.497 e. The summed E-state index contributed by atoms with van der Waals surface area (Å²) < 4.78 is 10.6. The van der Waals surface area contributed by atoms with Crippen molar-refractivity contribution in [2.24, 2.45) is 0 Å². The van der Waals surface area contributed by atoms with Crippen LogP contribution in [0.25, 0.3) is 21.8 Å². The first kappa shape index (κ1) is 47.6. The van der Waals surface area contributed by atoms with Gasteiger partial charge in [-0.25, -0.2) is 0 Å². The maximum Gasteiger partial charge on any atom is 0.270 e. The highest BCUT2D eigenvalue weighted by atomic mass is 16.5. The Hall–Kier alpha value is -4.88. The minimum atomic E-state index is 0.0273. The molecule has 0 radical (unpaired) electrons. The molecule has 2 aliphatic heterocycles. The lowest BCUT2D eigenvalue weighted by molar-refractivity contribution is 0.0432. The van der Waals surface area contributed by atoms with Gasteiger partial charge in [-0.3, -0.25) is 14.5 Å². The first-order chi connectivity index (χ1) is 30.3. The van der Waals surface area contributed by atoms with Crippen LogP contribution in [0, 0.1) is 0 Å². The number of hydrogen-bond acceptors (Lipinski definition) is 8. The fourth-order valence-electron chi connectivity index (χ4n) is 9.65. The molecule has 12 nitrogen and oxygen atoms in total. The number of fused-ring (bicyclic) bond motifs is 2. The number of aromatic nitrogens is 2. The highest BCUT2D eigenvalue weighted by Gasteiger charge is 2.38. The van der Waals surface area contributed by atoms with E-state index in [0.29, 0.717) is 16.9 Å². The smallest absolute Gasteiger partial charge is 0.270 e. The predicted octanol–water partition coefficient (Wildman–Crippen LogP) is 8.03. The number of likely N-dealkylation sites (N-methyl/N-ethyl adjacent to an activating group) is 1. The topological polar surface area (TPSA) is 104 Å². The SMILES string of the molecule is CCCCC1(N(C)C)CCN(CCN(C)C(=O)c2cc3cc(OC)ccc3[nH]2)CC1.COc1ccc2[nH]c(C(=O)N(C)CCCN3CCC(c4ccccc4)(N(C)C)CC3)cc2c1. The van der Waals surface area contributed by atoms with Crippen LogP contribution >= 0.6 is 0 Å². The number of carbonyl (C=O) groups excluding carboxylic acids is 2. The Balaban J connectivity index is 0.000000211. The van der Waals surface area contributed by atoms with Crippen LogP contribution in [-0.4, -0.2) is 166 Å². The average Bonchev–Trinajstić information content (AvgIpc) is 3.94. The van der Waals surface area contributed by atoms with E-state index in [1.165, 1.54) is 37.7 Å². The number of amides is 2. The van der Waals surface area contributed by atoms with Gasteiger partial charge >= 0.3 is 0 Å². The highest BCUT2D eigenvalue weighted by molar-refractivity contribution is 5.99. The van der Waals surface area contributed by atoms with E-state index in [0.717, 1.165) is 105 Å². The zero-order chi connectivity index (χ0) is 45.1. The number of ether oxygens (including phenoxy) is 2. The molecule has 63 heavy (non-hydrogen) atoms. The Morgan fingerprint density at radius 2 is 1.13 bits per heavy atom. The van der Waals surface area contributed by atoms with Crippen LogP contribution < -0.4 is 9.47 Å². The Bertz CT molecular complexity index is 2220. The number of hydrogen-bond donors (Lipinski definition) is 2. The third-order valence-electron chi connectivity index (χ3n) is 14.1. The summed E-state index contributed by atoms with van der Waals surface area (Å²) in [7, 11) is 15.9. The molecule has 342 valence electrons. The molecule has 2 saturated heterocycles. The Morgan fingerprint density at radius 1 is 0.619 bits per heavy atom. The van der Waals surface area contributed by atoms with Gasteiger partial charge in [0, 0.05) is 79.7 Å². The number of nitrogens with one attached hydrogen (secondary N) is 2. The van der Waals surface area contributed by atoms with E-state index in [1.807, 2.05) is 72.4 Å². The number of likely N-dealkylation sites (tertiary alicyclic amines) is 2. The maximum absolute atomic E-state index is 12.9. The normalized spacial score (nSPS) is 16.6. The standard InChI is InChI=1S/C27H36N4O2.C24H38N4O2/c1-29(2)27(22-9-6-5-7-10-22)13-17-31(18-14-27)16-8-15-30(3)26(32)25-20-21-19-23(33-4)11-12-24(21)28-25;1-6-7-10-24(26(2)3)11-13-28(14-12-24)16-15-27(4)23(29)22-18-19-17-20(30-5)8-9-21(19)25-22/h5-7,9-12,19-20,28H,8,13-18H2,1-4H3;8-9,17-18,25H,6-7,10-16H2,1-5H3. The molecule has 3 aromatic carbocycles. The Labute approximate surface area is 376 Å². The van der Waals surface area contributed by atoms with Gasteiger partial charge in [0.1, 0.15) is 22.9 Å². The molecular formula is C51H74N8O4. The lowest BCUT2D eigenvalue weighted by Gasteiger charge is -2.46. The third kappa shape index (κ3) is 11.4. The van der Waals surface area contributed by atoms with E-state index in [4.69, 9.17) is 9.47 Å². The fourth-order valence-corrected chi connectivity index (χ4v) is 9.65. The summed E-state index contributed by atoms with van der Waals surface area (Å²) in [4.78, 5) is 45.8. The number of H-pyrrole nitrogens is 2. The van der Waals surface area contributed by atoms with E-state index in [2.05, 4.69) is 95.0 Å². The molecule has 0 atom stereocenters. The van der Waals surface area contributed by atoms with Crippen LogP contribution in [0.15, 0.2) is 78.9 Å². The molecule has 0 bridgehead atoms. The molecule has 4 heterocycles. The van der Waals surface area contributed by atoms with Gasteiger partial charge in [-0.15, -0.1) is 0 Å². The van der Waals surface area contributed by atoms with E-state index in [1.54, 1.807) is 14.2 Å². The predicted molar refractivity (Wildman–Crippen MR) is 257 cm³/mol. The molecule has 7 rings (SSSR count). The van der Waals surface area contributed by atoms with Crippen molar-refractivity contribution < 1.29 is 19.1 Å². The van der Waals surface area contributed by atoms with Crippen molar-refractivity contribution in [3.8, 4) is 11.5 Å². The monoisotopic (exact) mass is 863 g/mol. The van der Waals surface area contributed by atoms with Crippen LogP contribution in [0.1, 0.15) is 84.8 Å². The summed E-state index contributed by atoms with van der Waals surface area (Å²) >= 11 is 0. The first-order valence-electron chi connectivity index (χ1n) is 23.0. The zero-order valence-electron chi connectivity index (χ0n) is 39.6. The molecular weight excluding hydrogens is 789 g/mol. The summed E-state index contributed by atoms with van der Waals surface area (Å²) in [6, 6.07) is 26.3. The lowest BCUT2D eigenvalue weighted by Crippen LogP contribution is -2.53. The minimum absolute atomic E-state index is 0.0273. The van der Waals surface area contributed by atoms with Gasteiger partial charge in [-0.05, 0) is 140 Å². The quantitative estimate of drug-likeness (QED) is 0.0970. The first-order valence-corrected chi connectivity index (χ1v) is 23.0. The van der Waals surface area contributed by atoms with Gasteiger partial charge < -0.3 is 43.9 Å². The van der Waals surface area contributed by atoms with Crippen molar-refractivity contribution in [2.75, 3.05) is 109 Å². The number of benzene rings is 3. The Morgan fingerprint density at radius 3 is 1.62 bits per heavy atom. The molecule has 2 amide bonds. The van der Waals surface area contributed by atoms with Crippen LogP contribution in [-0.2, 0) is 5.54 Å². The average molecular weight is 863 g/mol. The van der Waals surface area contributed by atoms with E-state index in [9.17, 15) is 9.59 Å². The maximum atomic E-state index is 12.9. The summed E-state index contributed by atoms with van der Waals surface area (Å²) in [5.74, 6) is 1.65. The molecule has 2 N–H and O–H groups in total. The van der Waals surface area contributed by atoms with Gasteiger partial charge in [0.2, 0.25) is 0 Å². The van der Waals surface area contributed by atoms with Crippen LogP contribution in [0.5, 0.6) is 11.5 Å². The fraction of sp³-hybridized carbons (Fsp3) is 0.529. The summed E-state index contributed by atoms with van der Waals surface area (Å²) in [5, 5.41) is 1.98. The Kier molecular flexibility index (Phi) is 16.4. The van der Waals surface area contributed by atoms with Crippen molar-refractivity contribution in [1.29, 1.82) is 0 Å². The number of methoxy groups -OCH3 is 2. The van der Waals surface area contributed by atoms with Crippen molar-refractivity contribution in [1.82, 2.24) is 39.4 Å². The number of carbonyl (C=O) groups is 2. The summed E-state index contributed by atoms with van der Waals surface area (Å²) in [6.45, 7) is 10.1. The molecule has 2 aromatic heterocycles. The number of piperidine rings is 2. The number of rotatable bonds is 17. The van der Waals surface area contributed by atoms with Crippen molar-refractivity contribution >= 4 is 33.6 Å². The van der Waals surface area contributed by atoms with Crippen LogP contribution in [0.3, 0.4) is 0 Å². The highest BCUT2D eigenvalue weighted by Crippen LogP contribution is 2.37. The van der Waals surface area contributed by atoms with Gasteiger partial charge in [0.05, 0.1) is 14.2 Å². The van der Waals surface area contributed by atoms with Crippen molar-refractivity contribution in [3.05, 3.63) is 95.8 Å². The van der Waals surface area contributed by atoms with Gasteiger partial charge in [-0.2, -0.15) is 0 Å². The van der Waals surface area contributed by atoms with Crippen LogP contribution in [0.2, 0.25) is 0 Å².